The number of phenolic OH excluding ortho intramolecular Hbond substituents is 1. The van der Waals surface area contributed by atoms with E-state index in [2.05, 4.69) is 0 Å². The molecule has 0 aliphatic heterocycles. The van der Waals surface area contributed by atoms with Crippen LogP contribution in [-0.2, 0) is 9.59 Å². The number of aliphatic carboxylic acids is 1. The van der Waals surface area contributed by atoms with E-state index in [0.29, 0.717) is 12.2 Å². The summed E-state index contributed by atoms with van der Waals surface area (Å²) in [7, 11) is 1.30. The van der Waals surface area contributed by atoms with E-state index in [1.54, 1.807) is 0 Å². The van der Waals surface area contributed by atoms with Gasteiger partial charge in [-0.25, -0.2) is 4.79 Å². The van der Waals surface area contributed by atoms with Crippen molar-refractivity contribution < 1.29 is 29.3 Å². The number of ketones is 2. The van der Waals surface area contributed by atoms with Gasteiger partial charge in [0.25, 0.3) is 0 Å². The van der Waals surface area contributed by atoms with Crippen molar-refractivity contribution in [3.63, 3.8) is 0 Å². The number of carboxylic acids is 1. The first-order valence-corrected chi connectivity index (χ1v) is 4.82. The van der Waals surface area contributed by atoms with E-state index >= 15 is 0 Å². The highest BCUT2D eigenvalue weighted by molar-refractivity contribution is 6.47. The summed E-state index contributed by atoms with van der Waals surface area (Å²) in [5, 5.41) is 17.6. The van der Waals surface area contributed by atoms with Gasteiger partial charge in [-0.1, -0.05) is 0 Å². The maximum absolute atomic E-state index is 11.6. The molecule has 0 heterocycles. The van der Waals surface area contributed by atoms with Gasteiger partial charge in [0.15, 0.2) is 11.5 Å². The maximum Gasteiger partial charge on any atom is 0.328 e. The van der Waals surface area contributed by atoms with Crippen LogP contribution in [0.15, 0.2) is 30.4 Å². The van der Waals surface area contributed by atoms with Gasteiger partial charge < -0.3 is 14.9 Å². The number of phenols is 1. The molecule has 0 spiro atoms. The highest BCUT2D eigenvalue weighted by Gasteiger charge is 2.15. The summed E-state index contributed by atoms with van der Waals surface area (Å²) in [5.74, 6) is -3.28. The summed E-state index contributed by atoms with van der Waals surface area (Å²) < 4.78 is 4.79. The second-order valence-corrected chi connectivity index (χ2v) is 3.25. The monoisotopic (exact) mass is 250 g/mol. The number of benzene rings is 1. The van der Waals surface area contributed by atoms with E-state index < -0.39 is 17.5 Å². The normalized spacial score (nSPS) is 10.3. The first-order valence-electron chi connectivity index (χ1n) is 4.82. The summed E-state index contributed by atoms with van der Waals surface area (Å²) in [6, 6.07) is 3.65. The van der Waals surface area contributed by atoms with Gasteiger partial charge in [-0.05, 0) is 24.3 Å². The number of carbonyl (C=O) groups excluding carboxylic acids is 2. The maximum atomic E-state index is 11.6. The second-order valence-electron chi connectivity index (χ2n) is 3.25. The molecule has 0 saturated carbocycles. The van der Waals surface area contributed by atoms with E-state index in [4.69, 9.17) is 9.84 Å². The number of carbonyl (C=O) groups is 3. The Morgan fingerprint density at radius 3 is 2.44 bits per heavy atom. The molecule has 6 heteroatoms. The Morgan fingerprint density at radius 1 is 1.22 bits per heavy atom. The third-order valence-corrected chi connectivity index (χ3v) is 2.04. The van der Waals surface area contributed by atoms with Crippen LogP contribution in [0.25, 0.3) is 0 Å². The number of ether oxygens (including phenoxy) is 1. The number of rotatable bonds is 5. The lowest BCUT2D eigenvalue weighted by atomic mass is 10.1. The second kappa shape index (κ2) is 5.62. The van der Waals surface area contributed by atoms with Crippen LogP contribution in [-0.4, -0.2) is 34.9 Å². The van der Waals surface area contributed by atoms with Crippen molar-refractivity contribution in [1.82, 2.24) is 0 Å². The number of hydrogen-bond donors (Lipinski definition) is 2. The van der Waals surface area contributed by atoms with Gasteiger partial charge in [-0.2, -0.15) is 0 Å². The largest absolute Gasteiger partial charge is 0.504 e. The molecule has 0 radical (unpaired) electrons. The Balaban J connectivity index is 2.97. The fourth-order valence-electron chi connectivity index (χ4n) is 1.18. The fraction of sp³-hybridized carbons (Fsp3) is 0.0833. The number of allylic oxidation sites excluding steroid dienone is 1. The van der Waals surface area contributed by atoms with E-state index in [9.17, 15) is 19.5 Å². The van der Waals surface area contributed by atoms with Crippen LogP contribution >= 0.6 is 0 Å². The average Bonchev–Trinajstić information content (AvgIpc) is 2.35. The van der Waals surface area contributed by atoms with Crippen LogP contribution in [0, 0.1) is 0 Å². The van der Waals surface area contributed by atoms with Gasteiger partial charge in [0.1, 0.15) is 0 Å². The molecule has 0 aliphatic carbocycles. The van der Waals surface area contributed by atoms with Crippen molar-refractivity contribution in [3.8, 4) is 11.5 Å². The lowest BCUT2D eigenvalue weighted by Gasteiger charge is -2.04. The first kappa shape index (κ1) is 13.4. The molecule has 0 amide bonds. The molecule has 94 valence electrons. The van der Waals surface area contributed by atoms with E-state index in [1.165, 1.54) is 25.3 Å². The van der Waals surface area contributed by atoms with Crippen molar-refractivity contribution >= 4 is 17.5 Å². The predicted molar refractivity (Wildman–Crippen MR) is 60.8 cm³/mol. The van der Waals surface area contributed by atoms with Crippen LogP contribution < -0.4 is 4.74 Å². The van der Waals surface area contributed by atoms with Gasteiger partial charge in [-0.3, -0.25) is 9.59 Å². The van der Waals surface area contributed by atoms with Crippen molar-refractivity contribution in [1.29, 1.82) is 0 Å². The van der Waals surface area contributed by atoms with Gasteiger partial charge in [0.2, 0.25) is 11.6 Å². The van der Waals surface area contributed by atoms with E-state index in [-0.39, 0.29) is 17.1 Å². The molecule has 1 aromatic rings. The van der Waals surface area contributed by atoms with Crippen LogP contribution in [0.1, 0.15) is 10.4 Å². The van der Waals surface area contributed by atoms with Gasteiger partial charge in [-0.15, -0.1) is 0 Å². The SMILES string of the molecule is COc1cc(C(=O)C(=O)/C=C/C(=O)O)ccc1O. The molecule has 2 N–H and O–H groups in total. The third kappa shape index (κ3) is 3.18. The minimum Gasteiger partial charge on any atom is -0.504 e. The number of Topliss-reactive ketones (excluding diaryl/α,β-unsaturated/α-hetero) is 1. The van der Waals surface area contributed by atoms with Crippen molar-refractivity contribution in [2.24, 2.45) is 0 Å². The molecule has 1 rings (SSSR count). The fourth-order valence-corrected chi connectivity index (χ4v) is 1.18. The molecular weight excluding hydrogens is 240 g/mol. The minimum absolute atomic E-state index is 0.00434. The molecule has 0 aliphatic rings. The minimum atomic E-state index is -1.32. The Bertz CT molecular complexity index is 529. The number of aromatic hydroxyl groups is 1. The van der Waals surface area contributed by atoms with E-state index in [1.807, 2.05) is 0 Å². The quantitative estimate of drug-likeness (QED) is 0.455. The highest BCUT2D eigenvalue weighted by Crippen LogP contribution is 2.26. The van der Waals surface area contributed by atoms with Crippen LogP contribution in [0.4, 0.5) is 0 Å². The van der Waals surface area contributed by atoms with Crippen LogP contribution in [0.5, 0.6) is 11.5 Å². The summed E-state index contributed by atoms with van der Waals surface area (Å²) in [6.45, 7) is 0. The van der Waals surface area contributed by atoms with Crippen molar-refractivity contribution in [2.75, 3.05) is 7.11 Å². The molecule has 0 atom stereocenters. The summed E-state index contributed by atoms with van der Waals surface area (Å²) in [6.07, 6.45) is 1.25. The zero-order valence-electron chi connectivity index (χ0n) is 9.41. The standard InChI is InChI=1S/C12H10O6/c1-18-10-6-7(2-3-8(10)13)12(17)9(14)4-5-11(15)16/h2-6,13H,1H3,(H,15,16)/b5-4+. The Kier molecular flexibility index (Phi) is 4.20. The third-order valence-electron chi connectivity index (χ3n) is 2.04. The van der Waals surface area contributed by atoms with Crippen molar-refractivity contribution in [3.05, 3.63) is 35.9 Å². The number of methoxy groups -OCH3 is 1. The Labute approximate surface area is 102 Å². The predicted octanol–water partition coefficient (Wildman–Crippen LogP) is 0.793. The zero-order valence-corrected chi connectivity index (χ0v) is 9.41. The summed E-state index contributed by atoms with van der Waals surface area (Å²) >= 11 is 0. The average molecular weight is 250 g/mol. The number of carboxylic acid groups (broad SMARTS) is 1. The van der Waals surface area contributed by atoms with Gasteiger partial charge >= 0.3 is 5.97 Å². The molecule has 0 bridgehead atoms. The van der Waals surface area contributed by atoms with Crippen LogP contribution in [0.3, 0.4) is 0 Å². The molecule has 0 fully saturated rings. The molecule has 0 saturated heterocycles. The van der Waals surface area contributed by atoms with Crippen molar-refractivity contribution in [2.45, 2.75) is 0 Å². The summed E-state index contributed by atoms with van der Waals surface area (Å²) in [5.41, 5.74) is 0.00434. The molecule has 0 unspecified atom stereocenters. The van der Waals surface area contributed by atoms with Crippen LogP contribution in [0.2, 0.25) is 0 Å². The molecule has 0 aromatic heterocycles. The number of hydrogen-bond acceptors (Lipinski definition) is 5. The van der Waals surface area contributed by atoms with Gasteiger partial charge in [0.05, 0.1) is 7.11 Å². The zero-order chi connectivity index (χ0) is 13.7. The summed E-state index contributed by atoms with van der Waals surface area (Å²) in [4.78, 5) is 33.1. The Hall–Kier alpha value is -2.63. The van der Waals surface area contributed by atoms with Gasteiger partial charge in [0, 0.05) is 11.6 Å². The highest BCUT2D eigenvalue weighted by atomic mass is 16.5. The molecule has 6 nitrogen and oxygen atoms in total. The molecular formula is C12H10O6. The molecule has 1 aromatic carbocycles. The first-order chi connectivity index (χ1) is 8.45. The van der Waals surface area contributed by atoms with E-state index in [0.717, 1.165) is 0 Å². The lowest BCUT2D eigenvalue weighted by Crippen LogP contribution is -2.11. The smallest absolute Gasteiger partial charge is 0.328 e. The lowest BCUT2D eigenvalue weighted by molar-refractivity contribution is -0.131. The molecule has 18 heavy (non-hydrogen) atoms. The Morgan fingerprint density at radius 2 is 1.89 bits per heavy atom. The topological polar surface area (TPSA) is 101 Å².